The van der Waals surface area contributed by atoms with Gasteiger partial charge in [0.15, 0.2) is 11.6 Å². The molecule has 3 aromatic rings. The van der Waals surface area contributed by atoms with Gasteiger partial charge in [-0.2, -0.15) is 0 Å². The summed E-state index contributed by atoms with van der Waals surface area (Å²) in [5.41, 5.74) is -1.09. The number of carbonyl (C=O) groups is 1. The van der Waals surface area contributed by atoms with E-state index in [1.165, 1.54) is 10.6 Å². The quantitative estimate of drug-likeness (QED) is 0.775. The summed E-state index contributed by atoms with van der Waals surface area (Å²) >= 11 is 1.05. The Morgan fingerprint density at radius 3 is 2.82 bits per heavy atom. The Kier molecular flexibility index (Phi) is 3.42. The van der Waals surface area contributed by atoms with Crippen molar-refractivity contribution in [1.29, 1.82) is 0 Å². The van der Waals surface area contributed by atoms with Crippen LogP contribution in [0.15, 0.2) is 22.4 Å². The molecule has 0 aliphatic heterocycles. The lowest BCUT2D eigenvalue weighted by Gasteiger charge is -2.12. The van der Waals surface area contributed by atoms with E-state index in [-0.39, 0.29) is 27.8 Å². The summed E-state index contributed by atoms with van der Waals surface area (Å²) < 4.78 is 29.3. The molecule has 8 heteroatoms. The Labute approximate surface area is 126 Å². The number of pyridine rings is 1. The lowest BCUT2D eigenvalue weighted by atomic mass is 10.1. The number of nitrogens with zero attached hydrogens (tertiary/aromatic N) is 1. The van der Waals surface area contributed by atoms with Gasteiger partial charge >= 0.3 is 5.97 Å². The van der Waals surface area contributed by atoms with Crippen LogP contribution < -0.4 is 10.7 Å². The molecule has 2 aromatic heterocycles. The number of thiazole rings is 1. The average molecular weight is 324 g/mol. The number of aromatic nitrogens is 1. The smallest absolute Gasteiger partial charge is 0.342 e. The van der Waals surface area contributed by atoms with Gasteiger partial charge in [-0.1, -0.05) is 0 Å². The molecule has 0 spiro atoms. The fourth-order valence-corrected chi connectivity index (χ4v) is 3.39. The molecule has 0 unspecified atom stereocenters. The third-order valence-electron chi connectivity index (χ3n) is 3.39. The van der Waals surface area contributed by atoms with Gasteiger partial charge in [-0.05, 0) is 13.1 Å². The Morgan fingerprint density at radius 1 is 1.45 bits per heavy atom. The highest BCUT2D eigenvalue weighted by Gasteiger charge is 2.23. The summed E-state index contributed by atoms with van der Waals surface area (Å²) in [6.45, 7) is 0.00387. The van der Waals surface area contributed by atoms with Crippen LogP contribution in [0.5, 0.6) is 0 Å². The Bertz CT molecular complexity index is 978. The predicted octanol–water partition coefficient (Wildman–Crippen LogP) is 2.21. The molecule has 2 heterocycles. The Balaban J connectivity index is 2.65. The topological polar surface area (TPSA) is 70.8 Å². The first-order valence-electron chi connectivity index (χ1n) is 6.27. The van der Waals surface area contributed by atoms with E-state index in [1.54, 1.807) is 12.4 Å². The number of benzene rings is 1. The zero-order valence-electron chi connectivity index (χ0n) is 11.3. The molecule has 0 radical (unpaired) electrons. The van der Waals surface area contributed by atoms with Crippen LogP contribution >= 0.6 is 11.3 Å². The van der Waals surface area contributed by atoms with E-state index < -0.39 is 28.6 Å². The van der Waals surface area contributed by atoms with Crippen LogP contribution in [-0.2, 0) is 6.54 Å². The maximum absolute atomic E-state index is 14.1. The van der Waals surface area contributed by atoms with Gasteiger partial charge in [0.1, 0.15) is 10.4 Å². The van der Waals surface area contributed by atoms with Gasteiger partial charge in [0.05, 0.1) is 10.9 Å². The molecule has 0 amide bonds. The number of rotatable bonds is 3. The third-order valence-corrected chi connectivity index (χ3v) is 4.27. The molecule has 22 heavy (non-hydrogen) atoms. The molecule has 0 atom stereocenters. The molecule has 0 saturated heterocycles. The molecular formula is C14H10F2N2O3S. The van der Waals surface area contributed by atoms with E-state index in [9.17, 15) is 23.5 Å². The lowest BCUT2D eigenvalue weighted by molar-refractivity contribution is 0.0697. The number of fused-ring (bicyclic) bond motifs is 3. The van der Waals surface area contributed by atoms with Crippen LogP contribution in [0.1, 0.15) is 15.9 Å². The first-order valence-corrected chi connectivity index (χ1v) is 7.15. The van der Waals surface area contributed by atoms with Gasteiger partial charge in [0, 0.05) is 23.7 Å². The van der Waals surface area contributed by atoms with Crippen LogP contribution in [0, 0.1) is 11.6 Å². The van der Waals surface area contributed by atoms with Crippen molar-refractivity contribution in [3.8, 4) is 0 Å². The summed E-state index contributed by atoms with van der Waals surface area (Å²) in [6, 6.07) is 0.753. The summed E-state index contributed by atoms with van der Waals surface area (Å²) in [7, 11) is 1.56. The molecule has 2 N–H and O–H groups in total. The first kappa shape index (κ1) is 14.6. The standard InChI is InChI=1S/C14H10F2N2O3S/c1-17-5-7-10(16)8(15)4-6-11(7)18-2-3-22-13(18)9(12(6)19)14(20)21/h2-4,17H,5H2,1H3,(H,20,21). The van der Waals surface area contributed by atoms with E-state index >= 15 is 0 Å². The van der Waals surface area contributed by atoms with Crippen molar-refractivity contribution in [2.75, 3.05) is 7.05 Å². The minimum atomic E-state index is -1.40. The number of halogens is 2. The van der Waals surface area contributed by atoms with Gasteiger partial charge < -0.3 is 14.8 Å². The molecule has 114 valence electrons. The highest BCUT2D eigenvalue weighted by atomic mass is 32.1. The van der Waals surface area contributed by atoms with Crippen LogP contribution in [0.25, 0.3) is 15.7 Å². The highest BCUT2D eigenvalue weighted by Crippen LogP contribution is 2.27. The van der Waals surface area contributed by atoms with Crippen molar-refractivity contribution in [2.45, 2.75) is 6.54 Å². The molecule has 5 nitrogen and oxygen atoms in total. The van der Waals surface area contributed by atoms with Gasteiger partial charge in [-0.3, -0.25) is 4.79 Å². The number of aromatic carboxylic acids is 1. The van der Waals surface area contributed by atoms with Crippen molar-refractivity contribution in [2.24, 2.45) is 0 Å². The van der Waals surface area contributed by atoms with E-state index in [4.69, 9.17) is 0 Å². The number of hydrogen-bond donors (Lipinski definition) is 2. The Morgan fingerprint density at radius 2 is 2.18 bits per heavy atom. The molecule has 3 rings (SSSR count). The van der Waals surface area contributed by atoms with Crippen LogP contribution in [0.2, 0.25) is 0 Å². The molecule has 1 aromatic carbocycles. The molecule has 0 aliphatic rings. The Hall–Kier alpha value is -2.32. The maximum atomic E-state index is 14.1. The SMILES string of the molecule is CNCc1c(F)c(F)cc2c(=O)c(C(=O)O)c3sccn3c12. The van der Waals surface area contributed by atoms with E-state index in [0.717, 1.165) is 17.4 Å². The minimum absolute atomic E-state index is 0.00387. The van der Waals surface area contributed by atoms with E-state index in [1.807, 2.05) is 0 Å². The molecule has 0 fully saturated rings. The number of nitrogens with one attached hydrogen (secondary N) is 1. The number of carboxylic acids is 1. The van der Waals surface area contributed by atoms with E-state index in [0.29, 0.717) is 0 Å². The van der Waals surface area contributed by atoms with E-state index in [2.05, 4.69) is 5.32 Å². The van der Waals surface area contributed by atoms with Crippen molar-refractivity contribution < 1.29 is 18.7 Å². The van der Waals surface area contributed by atoms with Crippen LogP contribution in [0.4, 0.5) is 8.78 Å². The minimum Gasteiger partial charge on any atom is -0.477 e. The third kappa shape index (κ3) is 1.92. The van der Waals surface area contributed by atoms with Crippen LogP contribution in [-0.4, -0.2) is 22.5 Å². The van der Waals surface area contributed by atoms with Gasteiger partial charge in [-0.15, -0.1) is 11.3 Å². The first-order chi connectivity index (χ1) is 10.5. The van der Waals surface area contributed by atoms with Gasteiger partial charge in [-0.25, -0.2) is 13.6 Å². The maximum Gasteiger partial charge on any atom is 0.342 e. The molecule has 0 aliphatic carbocycles. The van der Waals surface area contributed by atoms with Crippen molar-refractivity contribution >= 4 is 33.0 Å². The second-order valence-corrected chi connectivity index (χ2v) is 5.56. The predicted molar refractivity (Wildman–Crippen MR) is 78.7 cm³/mol. The summed E-state index contributed by atoms with van der Waals surface area (Å²) in [5.74, 6) is -3.63. The molecule has 0 bridgehead atoms. The highest BCUT2D eigenvalue weighted by molar-refractivity contribution is 7.16. The van der Waals surface area contributed by atoms with Crippen molar-refractivity contribution in [3.63, 3.8) is 0 Å². The van der Waals surface area contributed by atoms with Gasteiger partial charge in [0.25, 0.3) is 0 Å². The summed E-state index contributed by atoms with van der Waals surface area (Å²) in [5, 5.41) is 13.4. The number of carboxylic acid groups (broad SMARTS) is 1. The zero-order chi connectivity index (χ0) is 16.0. The average Bonchev–Trinajstić information content (AvgIpc) is 2.92. The monoisotopic (exact) mass is 324 g/mol. The van der Waals surface area contributed by atoms with Crippen molar-refractivity contribution in [1.82, 2.24) is 9.72 Å². The normalized spacial score (nSPS) is 11.4. The second-order valence-electron chi connectivity index (χ2n) is 4.66. The zero-order valence-corrected chi connectivity index (χ0v) is 12.1. The van der Waals surface area contributed by atoms with Crippen LogP contribution in [0.3, 0.4) is 0 Å². The lowest BCUT2D eigenvalue weighted by Crippen LogP contribution is -2.20. The fraction of sp³-hybridized carbons (Fsp3) is 0.143. The fourth-order valence-electron chi connectivity index (χ4n) is 2.51. The largest absolute Gasteiger partial charge is 0.477 e. The molecular weight excluding hydrogens is 314 g/mol. The van der Waals surface area contributed by atoms with Crippen molar-refractivity contribution in [3.05, 3.63) is 50.6 Å². The molecule has 0 saturated carbocycles. The number of hydrogen-bond acceptors (Lipinski definition) is 4. The second kappa shape index (κ2) is 5.15. The summed E-state index contributed by atoms with van der Waals surface area (Å²) in [6.07, 6.45) is 1.53. The summed E-state index contributed by atoms with van der Waals surface area (Å²) in [4.78, 5) is 23.9. The van der Waals surface area contributed by atoms with Gasteiger partial charge in [0.2, 0.25) is 5.43 Å².